The molecule has 0 bridgehead atoms. The molecule has 1 unspecified atom stereocenters. The highest BCUT2D eigenvalue weighted by atomic mass is 16.5. The molecular formula is C15H27N3O. The Balaban J connectivity index is 2.40. The standard InChI is InChI=1S/C15H27N3O/c1-5-16-13(4)15-9-8-14(12-17-15)19-11-10-18(6-2)7-3/h8-9,12-13,16H,5-7,10-11H2,1-4H3. The van der Waals surface area contributed by atoms with Crippen molar-refractivity contribution in [2.24, 2.45) is 0 Å². The second kappa shape index (κ2) is 8.88. The highest BCUT2D eigenvalue weighted by Gasteiger charge is 2.05. The van der Waals surface area contributed by atoms with Crippen molar-refractivity contribution in [1.82, 2.24) is 15.2 Å². The van der Waals surface area contributed by atoms with E-state index in [1.165, 1.54) is 0 Å². The minimum atomic E-state index is 0.287. The van der Waals surface area contributed by atoms with Gasteiger partial charge in [-0.2, -0.15) is 0 Å². The average molecular weight is 265 g/mol. The topological polar surface area (TPSA) is 37.4 Å². The monoisotopic (exact) mass is 265 g/mol. The van der Waals surface area contributed by atoms with E-state index in [2.05, 4.69) is 42.9 Å². The van der Waals surface area contributed by atoms with Gasteiger partial charge in [0.25, 0.3) is 0 Å². The number of rotatable bonds is 9. The summed E-state index contributed by atoms with van der Waals surface area (Å²) < 4.78 is 5.71. The van der Waals surface area contributed by atoms with Gasteiger partial charge in [-0.25, -0.2) is 0 Å². The number of ether oxygens (including phenoxy) is 1. The van der Waals surface area contributed by atoms with Crippen LogP contribution in [0.3, 0.4) is 0 Å². The minimum Gasteiger partial charge on any atom is -0.491 e. The maximum atomic E-state index is 5.71. The van der Waals surface area contributed by atoms with Gasteiger partial charge in [-0.05, 0) is 38.7 Å². The van der Waals surface area contributed by atoms with Gasteiger partial charge in [0.2, 0.25) is 0 Å². The van der Waals surface area contributed by atoms with Crippen LogP contribution in [0.4, 0.5) is 0 Å². The van der Waals surface area contributed by atoms with Gasteiger partial charge in [0, 0.05) is 12.6 Å². The van der Waals surface area contributed by atoms with Crippen molar-refractivity contribution >= 4 is 0 Å². The van der Waals surface area contributed by atoms with E-state index in [1.807, 2.05) is 18.3 Å². The summed E-state index contributed by atoms with van der Waals surface area (Å²) in [6, 6.07) is 4.31. The van der Waals surface area contributed by atoms with E-state index in [1.54, 1.807) is 0 Å². The lowest BCUT2D eigenvalue weighted by Gasteiger charge is -2.18. The van der Waals surface area contributed by atoms with Crippen molar-refractivity contribution in [2.75, 3.05) is 32.8 Å². The van der Waals surface area contributed by atoms with Crippen molar-refractivity contribution in [3.63, 3.8) is 0 Å². The lowest BCUT2D eigenvalue weighted by molar-refractivity contribution is 0.222. The first-order valence-electron chi connectivity index (χ1n) is 7.25. The molecule has 108 valence electrons. The van der Waals surface area contributed by atoms with Crippen molar-refractivity contribution in [3.8, 4) is 5.75 Å². The quantitative estimate of drug-likeness (QED) is 0.744. The summed E-state index contributed by atoms with van der Waals surface area (Å²) in [5.41, 5.74) is 1.05. The second-order valence-corrected chi connectivity index (χ2v) is 4.57. The lowest BCUT2D eigenvalue weighted by Crippen LogP contribution is -2.27. The Kier molecular flexibility index (Phi) is 7.45. The van der Waals surface area contributed by atoms with E-state index < -0.39 is 0 Å². The van der Waals surface area contributed by atoms with E-state index in [4.69, 9.17) is 4.74 Å². The first-order chi connectivity index (χ1) is 9.21. The highest BCUT2D eigenvalue weighted by Crippen LogP contribution is 2.14. The zero-order chi connectivity index (χ0) is 14.1. The van der Waals surface area contributed by atoms with Crippen LogP contribution in [-0.2, 0) is 0 Å². The summed E-state index contributed by atoms with van der Waals surface area (Å²) in [6.45, 7) is 13.3. The summed E-state index contributed by atoms with van der Waals surface area (Å²) >= 11 is 0. The van der Waals surface area contributed by atoms with Gasteiger partial charge in [-0.3, -0.25) is 4.98 Å². The molecular weight excluding hydrogens is 238 g/mol. The van der Waals surface area contributed by atoms with Crippen molar-refractivity contribution in [1.29, 1.82) is 0 Å². The lowest BCUT2D eigenvalue weighted by atomic mass is 10.2. The molecule has 0 spiro atoms. The molecule has 0 saturated heterocycles. The molecule has 0 fully saturated rings. The first kappa shape index (κ1) is 15.9. The molecule has 1 atom stereocenters. The third kappa shape index (κ3) is 5.57. The molecule has 1 N–H and O–H groups in total. The summed E-state index contributed by atoms with van der Waals surface area (Å²) in [5, 5.41) is 3.34. The maximum absolute atomic E-state index is 5.71. The Morgan fingerprint density at radius 1 is 1.26 bits per heavy atom. The van der Waals surface area contributed by atoms with Gasteiger partial charge in [0.05, 0.1) is 11.9 Å². The van der Waals surface area contributed by atoms with Crippen molar-refractivity contribution in [3.05, 3.63) is 24.0 Å². The van der Waals surface area contributed by atoms with Crippen LogP contribution in [0.2, 0.25) is 0 Å². The summed E-state index contributed by atoms with van der Waals surface area (Å²) in [7, 11) is 0. The molecule has 19 heavy (non-hydrogen) atoms. The molecule has 0 saturated carbocycles. The highest BCUT2D eigenvalue weighted by molar-refractivity contribution is 5.21. The van der Waals surface area contributed by atoms with Crippen LogP contribution in [0.1, 0.15) is 39.4 Å². The van der Waals surface area contributed by atoms with Gasteiger partial charge < -0.3 is 15.0 Å². The molecule has 4 heteroatoms. The van der Waals surface area contributed by atoms with Crippen LogP contribution in [0, 0.1) is 0 Å². The molecule has 1 aromatic heterocycles. The van der Waals surface area contributed by atoms with Crippen LogP contribution in [-0.4, -0.2) is 42.7 Å². The third-order valence-corrected chi connectivity index (χ3v) is 3.28. The number of likely N-dealkylation sites (N-methyl/N-ethyl adjacent to an activating group) is 1. The zero-order valence-corrected chi connectivity index (χ0v) is 12.6. The third-order valence-electron chi connectivity index (χ3n) is 3.28. The van der Waals surface area contributed by atoms with E-state index in [0.717, 1.165) is 37.6 Å². The molecule has 0 aliphatic carbocycles. The maximum Gasteiger partial charge on any atom is 0.137 e. The predicted octanol–water partition coefficient (Wildman–Crippen LogP) is 2.47. The Morgan fingerprint density at radius 3 is 2.53 bits per heavy atom. The van der Waals surface area contributed by atoms with Crippen LogP contribution in [0.5, 0.6) is 5.75 Å². The molecule has 0 aliphatic rings. The smallest absolute Gasteiger partial charge is 0.137 e. The Labute approximate surface area is 117 Å². The van der Waals surface area contributed by atoms with Crippen molar-refractivity contribution in [2.45, 2.75) is 33.7 Å². The van der Waals surface area contributed by atoms with Gasteiger partial charge in [-0.1, -0.05) is 20.8 Å². The number of nitrogens with zero attached hydrogens (tertiary/aromatic N) is 2. The fraction of sp³-hybridized carbons (Fsp3) is 0.667. The van der Waals surface area contributed by atoms with E-state index in [0.29, 0.717) is 6.61 Å². The largest absolute Gasteiger partial charge is 0.491 e. The molecule has 1 rings (SSSR count). The molecule has 0 aromatic carbocycles. The van der Waals surface area contributed by atoms with Gasteiger partial charge in [-0.15, -0.1) is 0 Å². The fourth-order valence-electron chi connectivity index (χ4n) is 1.98. The van der Waals surface area contributed by atoms with Crippen LogP contribution < -0.4 is 10.1 Å². The van der Waals surface area contributed by atoms with Gasteiger partial charge in [0.15, 0.2) is 0 Å². The number of nitrogens with one attached hydrogen (secondary N) is 1. The SMILES string of the molecule is CCNC(C)c1ccc(OCCN(CC)CC)cn1. The zero-order valence-electron chi connectivity index (χ0n) is 12.6. The number of aromatic nitrogens is 1. The first-order valence-corrected chi connectivity index (χ1v) is 7.25. The van der Waals surface area contributed by atoms with E-state index >= 15 is 0 Å². The minimum absolute atomic E-state index is 0.287. The Bertz CT molecular complexity index is 336. The van der Waals surface area contributed by atoms with Gasteiger partial charge >= 0.3 is 0 Å². The number of pyridine rings is 1. The Hall–Kier alpha value is -1.13. The van der Waals surface area contributed by atoms with Crippen LogP contribution >= 0.6 is 0 Å². The van der Waals surface area contributed by atoms with Crippen LogP contribution in [0.25, 0.3) is 0 Å². The average Bonchev–Trinajstić information content (AvgIpc) is 2.44. The second-order valence-electron chi connectivity index (χ2n) is 4.57. The summed E-state index contributed by atoms with van der Waals surface area (Å²) in [6.07, 6.45) is 1.81. The van der Waals surface area contributed by atoms with Gasteiger partial charge in [0.1, 0.15) is 12.4 Å². The molecule has 0 radical (unpaired) electrons. The normalized spacial score (nSPS) is 12.7. The number of hydrogen-bond donors (Lipinski definition) is 1. The summed E-state index contributed by atoms with van der Waals surface area (Å²) in [4.78, 5) is 6.78. The molecule has 0 aliphatic heterocycles. The molecule has 4 nitrogen and oxygen atoms in total. The summed E-state index contributed by atoms with van der Waals surface area (Å²) in [5.74, 6) is 0.847. The number of hydrogen-bond acceptors (Lipinski definition) is 4. The molecule has 0 amide bonds. The predicted molar refractivity (Wildman–Crippen MR) is 79.6 cm³/mol. The van der Waals surface area contributed by atoms with Crippen LogP contribution in [0.15, 0.2) is 18.3 Å². The molecule has 1 heterocycles. The van der Waals surface area contributed by atoms with E-state index in [-0.39, 0.29) is 6.04 Å². The Morgan fingerprint density at radius 2 is 2.00 bits per heavy atom. The fourth-order valence-corrected chi connectivity index (χ4v) is 1.98. The van der Waals surface area contributed by atoms with Crippen molar-refractivity contribution < 1.29 is 4.74 Å². The van der Waals surface area contributed by atoms with E-state index in [9.17, 15) is 0 Å². The molecule has 1 aromatic rings.